The lowest BCUT2D eigenvalue weighted by molar-refractivity contribution is -0.181. The van der Waals surface area contributed by atoms with E-state index in [9.17, 15) is 0 Å². The fourth-order valence-corrected chi connectivity index (χ4v) is 1.53. The highest BCUT2D eigenvalue weighted by molar-refractivity contribution is 5.22. The molecule has 88 valence electrons. The lowest BCUT2D eigenvalue weighted by atomic mass is 10.3. The van der Waals surface area contributed by atoms with Crippen LogP contribution in [0.5, 0.6) is 5.75 Å². The summed E-state index contributed by atoms with van der Waals surface area (Å²) >= 11 is 0. The van der Waals surface area contributed by atoms with Crippen molar-refractivity contribution >= 4 is 0 Å². The van der Waals surface area contributed by atoms with Crippen LogP contribution in [0.15, 0.2) is 30.3 Å². The Bertz CT molecular complexity index is 349. The van der Waals surface area contributed by atoms with Gasteiger partial charge < -0.3 is 14.2 Å². The molecule has 0 spiro atoms. The van der Waals surface area contributed by atoms with Crippen molar-refractivity contribution in [2.45, 2.75) is 25.6 Å². The van der Waals surface area contributed by atoms with Crippen LogP contribution < -0.4 is 4.74 Å². The van der Waals surface area contributed by atoms with Crippen molar-refractivity contribution in [3.63, 3.8) is 0 Å². The van der Waals surface area contributed by atoms with Gasteiger partial charge in [0, 0.05) is 7.11 Å². The molecule has 1 aromatic carbocycles. The van der Waals surface area contributed by atoms with Gasteiger partial charge in [0.25, 0.3) is 5.79 Å². The maximum Gasteiger partial charge on any atom is 0.387 e. The summed E-state index contributed by atoms with van der Waals surface area (Å²) in [5.41, 5.74) is 0. The van der Waals surface area contributed by atoms with Gasteiger partial charge in [-0.25, -0.2) is 0 Å². The molecule has 1 fully saturated rings. The lowest BCUT2D eigenvalue weighted by Crippen LogP contribution is -2.34. The molecule has 1 aliphatic rings. The lowest BCUT2D eigenvalue weighted by Gasteiger charge is -2.17. The van der Waals surface area contributed by atoms with E-state index in [1.54, 1.807) is 14.0 Å². The SMILES string of the molecule is CCOC1(Oc2ccccc2)OC1(C)OC. The van der Waals surface area contributed by atoms with Gasteiger partial charge in [0.05, 0.1) is 6.61 Å². The minimum atomic E-state index is -1.11. The van der Waals surface area contributed by atoms with Crippen LogP contribution in [0.25, 0.3) is 0 Å². The summed E-state index contributed by atoms with van der Waals surface area (Å²) in [5, 5.41) is 0. The summed E-state index contributed by atoms with van der Waals surface area (Å²) in [5.74, 6) is -1.26. The number of hydrogen-bond donors (Lipinski definition) is 0. The summed E-state index contributed by atoms with van der Waals surface area (Å²) in [6, 6.07) is 9.39. The first kappa shape index (κ1) is 11.4. The molecule has 0 N–H and O–H groups in total. The van der Waals surface area contributed by atoms with E-state index in [1.807, 2.05) is 37.3 Å². The Balaban J connectivity index is 2.12. The molecule has 1 saturated heterocycles. The van der Waals surface area contributed by atoms with Gasteiger partial charge in [0.2, 0.25) is 0 Å². The Hall–Kier alpha value is -1.10. The van der Waals surface area contributed by atoms with E-state index in [1.165, 1.54) is 0 Å². The van der Waals surface area contributed by atoms with Crippen LogP contribution in [0, 0.1) is 0 Å². The highest BCUT2D eigenvalue weighted by atomic mass is 17.0. The van der Waals surface area contributed by atoms with Crippen LogP contribution in [0.3, 0.4) is 0 Å². The molecule has 0 bridgehead atoms. The van der Waals surface area contributed by atoms with Crippen LogP contribution in [0.2, 0.25) is 0 Å². The third-order valence-electron chi connectivity index (χ3n) is 2.56. The number of ether oxygens (including phenoxy) is 4. The molecule has 1 aliphatic heterocycles. The molecule has 2 atom stereocenters. The van der Waals surface area contributed by atoms with Gasteiger partial charge in [0.15, 0.2) is 0 Å². The number of rotatable bonds is 5. The fraction of sp³-hybridized carbons (Fsp3) is 0.500. The molecule has 4 nitrogen and oxygen atoms in total. The summed E-state index contributed by atoms with van der Waals surface area (Å²) < 4.78 is 21.8. The average molecular weight is 224 g/mol. The second-order valence-electron chi connectivity index (χ2n) is 3.66. The van der Waals surface area contributed by atoms with Gasteiger partial charge >= 0.3 is 5.97 Å². The van der Waals surface area contributed by atoms with Crippen molar-refractivity contribution in [3.05, 3.63) is 30.3 Å². The zero-order valence-electron chi connectivity index (χ0n) is 9.73. The summed E-state index contributed by atoms with van der Waals surface area (Å²) in [4.78, 5) is 0. The van der Waals surface area contributed by atoms with Gasteiger partial charge in [0.1, 0.15) is 5.75 Å². The van der Waals surface area contributed by atoms with Crippen LogP contribution in [0.4, 0.5) is 0 Å². The third kappa shape index (κ3) is 1.80. The van der Waals surface area contributed by atoms with E-state index in [0.717, 1.165) is 0 Å². The monoisotopic (exact) mass is 224 g/mol. The maximum absolute atomic E-state index is 5.69. The first-order valence-electron chi connectivity index (χ1n) is 5.29. The number of para-hydroxylation sites is 1. The van der Waals surface area contributed by atoms with Crippen molar-refractivity contribution in [2.24, 2.45) is 0 Å². The zero-order valence-corrected chi connectivity index (χ0v) is 9.73. The molecule has 0 radical (unpaired) electrons. The third-order valence-corrected chi connectivity index (χ3v) is 2.56. The quantitative estimate of drug-likeness (QED) is 0.567. The fourth-order valence-electron chi connectivity index (χ4n) is 1.53. The highest BCUT2D eigenvalue weighted by Gasteiger charge is 2.74. The minimum Gasteiger partial charge on any atom is -0.435 e. The van der Waals surface area contributed by atoms with E-state index in [2.05, 4.69) is 0 Å². The topological polar surface area (TPSA) is 40.2 Å². The van der Waals surface area contributed by atoms with Crippen molar-refractivity contribution in [1.29, 1.82) is 0 Å². The van der Waals surface area contributed by atoms with Crippen LogP contribution in [-0.4, -0.2) is 25.5 Å². The van der Waals surface area contributed by atoms with E-state index < -0.39 is 11.8 Å². The smallest absolute Gasteiger partial charge is 0.387 e. The highest BCUT2D eigenvalue weighted by Crippen LogP contribution is 2.50. The van der Waals surface area contributed by atoms with Gasteiger partial charge in [-0.1, -0.05) is 18.2 Å². The molecule has 0 aromatic heterocycles. The molecule has 1 aromatic rings. The molecule has 16 heavy (non-hydrogen) atoms. The van der Waals surface area contributed by atoms with Crippen molar-refractivity contribution < 1.29 is 18.9 Å². The van der Waals surface area contributed by atoms with Crippen LogP contribution in [-0.2, 0) is 14.2 Å². The standard InChI is InChI=1S/C12H16O4/c1-4-14-12(11(2,13-3)16-12)15-10-8-6-5-7-9-10/h5-9H,4H2,1-3H3. The zero-order chi connectivity index (χ0) is 11.6. The van der Waals surface area contributed by atoms with Gasteiger partial charge in [-0.05, 0) is 26.0 Å². The largest absolute Gasteiger partial charge is 0.435 e. The number of methoxy groups -OCH3 is 1. The predicted octanol–water partition coefficient (Wildman–Crippen LogP) is 2.15. The number of benzene rings is 1. The summed E-state index contributed by atoms with van der Waals surface area (Å²) in [6.45, 7) is 4.16. The van der Waals surface area contributed by atoms with Crippen LogP contribution >= 0.6 is 0 Å². The van der Waals surface area contributed by atoms with Gasteiger partial charge in [-0.15, -0.1) is 0 Å². The predicted molar refractivity (Wildman–Crippen MR) is 57.9 cm³/mol. The molecular formula is C12H16O4. The van der Waals surface area contributed by atoms with Crippen LogP contribution in [0.1, 0.15) is 13.8 Å². The number of hydrogen-bond acceptors (Lipinski definition) is 4. The Morgan fingerprint density at radius 1 is 1.25 bits per heavy atom. The average Bonchev–Trinajstić information content (AvgIpc) is 2.86. The molecule has 2 rings (SSSR count). The Morgan fingerprint density at radius 2 is 1.94 bits per heavy atom. The first-order chi connectivity index (χ1) is 7.66. The molecule has 0 saturated carbocycles. The first-order valence-corrected chi connectivity index (χ1v) is 5.29. The van der Waals surface area contributed by atoms with Crippen molar-refractivity contribution in [2.75, 3.05) is 13.7 Å². The molecule has 1 heterocycles. The molecule has 4 heteroatoms. The van der Waals surface area contributed by atoms with E-state index in [4.69, 9.17) is 18.9 Å². The van der Waals surface area contributed by atoms with Crippen molar-refractivity contribution in [3.8, 4) is 5.75 Å². The van der Waals surface area contributed by atoms with E-state index >= 15 is 0 Å². The Kier molecular flexibility index (Phi) is 2.88. The second-order valence-corrected chi connectivity index (χ2v) is 3.66. The van der Waals surface area contributed by atoms with E-state index in [0.29, 0.717) is 12.4 Å². The molecule has 0 aliphatic carbocycles. The van der Waals surface area contributed by atoms with Gasteiger partial charge in [-0.2, -0.15) is 0 Å². The second kappa shape index (κ2) is 4.05. The van der Waals surface area contributed by atoms with Gasteiger partial charge in [-0.3, -0.25) is 4.74 Å². The maximum atomic E-state index is 5.69. The Labute approximate surface area is 95.1 Å². The van der Waals surface area contributed by atoms with E-state index in [-0.39, 0.29) is 0 Å². The molecule has 2 unspecified atom stereocenters. The number of epoxide rings is 1. The molecular weight excluding hydrogens is 208 g/mol. The minimum absolute atomic E-state index is 0.492. The summed E-state index contributed by atoms with van der Waals surface area (Å²) in [7, 11) is 1.56. The molecule has 0 amide bonds. The Morgan fingerprint density at radius 3 is 2.44 bits per heavy atom. The summed E-state index contributed by atoms with van der Waals surface area (Å²) in [6.07, 6.45) is 0. The van der Waals surface area contributed by atoms with Crippen molar-refractivity contribution in [1.82, 2.24) is 0 Å². The normalized spacial score (nSPS) is 32.4.